The summed E-state index contributed by atoms with van der Waals surface area (Å²) in [5.74, 6) is 0.0660. The number of thiophene rings is 1. The minimum Gasteiger partial charge on any atom is -0.488 e. The van der Waals surface area contributed by atoms with Gasteiger partial charge in [-0.15, -0.1) is 11.3 Å². The van der Waals surface area contributed by atoms with E-state index in [1.54, 1.807) is 42.7 Å². The molecule has 2 aromatic carbocycles. The normalized spacial score (nSPS) is 15.0. The SMILES string of the molecule is CCOC(=O)C1=C(C)N=c2s/c(=C/c3ccccc3OCc3ccc([N+](=O)[O-])cc3)c(=O)n2[C@H]1c1cccs1. The summed E-state index contributed by atoms with van der Waals surface area (Å²) in [6.45, 7) is 3.91. The van der Waals surface area contributed by atoms with E-state index in [2.05, 4.69) is 4.99 Å². The van der Waals surface area contributed by atoms with E-state index in [0.29, 0.717) is 31.9 Å². The van der Waals surface area contributed by atoms with Crippen LogP contribution < -0.4 is 19.6 Å². The van der Waals surface area contributed by atoms with E-state index in [4.69, 9.17) is 9.47 Å². The number of hydrogen-bond donors (Lipinski definition) is 0. The van der Waals surface area contributed by atoms with Gasteiger partial charge in [-0.2, -0.15) is 0 Å². The molecule has 4 aromatic rings. The molecule has 0 amide bonds. The van der Waals surface area contributed by atoms with Crippen molar-refractivity contribution in [1.29, 1.82) is 0 Å². The molecule has 0 bridgehead atoms. The first kappa shape index (κ1) is 26.3. The van der Waals surface area contributed by atoms with Crippen molar-refractivity contribution in [1.82, 2.24) is 4.57 Å². The van der Waals surface area contributed by atoms with Gasteiger partial charge in [0.1, 0.15) is 18.4 Å². The van der Waals surface area contributed by atoms with Crippen LogP contribution in [-0.4, -0.2) is 22.1 Å². The second-order valence-corrected chi connectivity index (χ2v) is 10.6. The number of nitro groups is 1. The van der Waals surface area contributed by atoms with Crippen molar-refractivity contribution >= 4 is 40.4 Å². The molecular weight excluding hydrogens is 538 g/mol. The van der Waals surface area contributed by atoms with Gasteiger partial charge in [0, 0.05) is 22.6 Å². The molecule has 0 fully saturated rings. The van der Waals surface area contributed by atoms with Crippen molar-refractivity contribution in [3.63, 3.8) is 0 Å². The summed E-state index contributed by atoms with van der Waals surface area (Å²) in [6, 6.07) is 16.6. The van der Waals surface area contributed by atoms with Crippen LogP contribution in [0.1, 0.15) is 35.9 Å². The van der Waals surface area contributed by atoms with Crippen LogP contribution >= 0.6 is 22.7 Å². The lowest BCUT2D eigenvalue weighted by atomic mass is 10.0. The van der Waals surface area contributed by atoms with E-state index < -0.39 is 16.9 Å². The fraction of sp³-hybridized carbons (Fsp3) is 0.179. The molecule has 9 nitrogen and oxygen atoms in total. The molecule has 198 valence electrons. The number of esters is 1. The van der Waals surface area contributed by atoms with Crippen LogP contribution in [0.4, 0.5) is 5.69 Å². The van der Waals surface area contributed by atoms with Gasteiger partial charge in [0.25, 0.3) is 11.2 Å². The van der Waals surface area contributed by atoms with Crippen molar-refractivity contribution in [2.24, 2.45) is 4.99 Å². The van der Waals surface area contributed by atoms with Crippen molar-refractivity contribution in [3.05, 3.63) is 123 Å². The van der Waals surface area contributed by atoms with Gasteiger partial charge < -0.3 is 9.47 Å². The molecule has 1 aliphatic rings. The average Bonchev–Trinajstić information content (AvgIpc) is 3.56. The van der Waals surface area contributed by atoms with Crippen LogP contribution in [0.2, 0.25) is 0 Å². The Bertz CT molecular complexity index is 1750. The van der Waals surface area contributed by atoms with Gasteiger partial charge in [0.2, 0.25) is 0 Å². The molecule has 0 radical (unpaired) electrons. The molecule has 5 rings (SSSR count). The Morgan fingerprint density at radius 1 is 1.15 bits per heavy atom. The molecule has 0 spiro atoms. The smallest absolute Gasteiger partial charge is 0.338 e. The summed E-state index contributed by atoms with van der Waals surface area (Å²) in [4.78, 5) is 43.1. The third-order valence-electron chi connectivity index (χ3n) is 6.08. The first-order chi connectivity index (χ1) is 18.9. The third-order valence-corrected chi connectivity index (χ3v) is 7.98. The number of non-ortho nitro benzene ring substituents is 1. The van der Waals surface area contributed by atoms with E-state index in [1.165, 1.54) is 34.8 Å². The first-order valence-corrected chi connectivity index (χ1v) is 13.7. The van der Waals surface area contributed by atoms with E-state index in [9.17, 15) is 19.7 Å². The Labute approximate surface area is 230 Å². The highest BCUT2D eigenvalue weighted by molar-refractivity contribution is 7.10. The molecule has 0 saturated carbocycles. The number of nitrogens with zero attached hydrogens (tertiary/aromatic N) is 3. The maximum atomic E-state index is 13.8. The van der Waals surface area contributed by atoms with Gasteiger partial charge in [-0.25, -0.2) is 9.79 Å². The lowest BCUT2D eigenvalue weighted by Gasteiger charge is -2.23. The quantitative estimate of drug-likeness (QED) is 0.180. The maximum Gasteiger partial charge on any atom is 0.338 e. The molecule has 1 aliphatic heterocycles. The molecule has 2 aromatic heterocycles. The van der Waals surface area contributed by atoms with Crippen LogP contribution in [0.15, 0.2) is 87.1 Å². The second kappa shape index (κ2) is 11.2. The van der Waals surface area contributed by atoms with Crippen LogP contribution in [-0.2, 0) is 16.1 Å². The van der Waals surface area contributed by atoms with Crippen molar-refractivity contribution in [2.45, 2.75) is 26.5 Å². The zero-order valence-electron chi connectivity index (χ0n) is 21.0. The number of nitro benzene ring substituents is 1. The van der Waals surface area contributed by atoms with Gasteiger partial charge in [-0.3, -0.25) is 19.5 Å². The third kappa shape index (κ3) is 5.31. The number of rotatable bonds is 8. The predicted octanol–water partition coefficient (Wildman–Crippen LogP) is 4.35. The minimum atomic E-state index is -0.629. The van der Waals surface area contributed by atoms with Gasteiger partial charge >= 0.3 is 5.97 Å². The lowest BCUT2D eigenvalue weighted by molar-refractivity contribution is -0.384. The number of para-hydroxylation sites is 1. The summed E-state index contributed by atoms with van der Waals surface area (Å²) in [5.41, 5.74) is 2.08. The van der Waals surface area contributed by atoms with Crippen molar-refractivity contribution in [2.75, 3.05) is 6.61 Å². The van der Waals surface area contributed by atoms with E-state index >= 15 is 0 Å². The van der Waals surface area contributed by atoms with Crippen LogP contribution in [0.3, 0.4) is 0 Å². The topological polar surface area (TPSA) is 113 Å². The molecule has 0 saturated heterocycles. The molecule has 0 N–H and O–H groups in total. The largest absolute Gasteiger partial charge is 0.488 e. The standard InChI is InChI=1S/C28H23N3O6S2/c1-3-36-27(33)24-17(2)29-28-30(25(24)22-9-6-14-38-22)26(32)23(39-28)15-19-7-4-5-8-21(19)37-16-18-10-12-20(13-11-18)31(34)35/h4-15,25H,3,16H2,1-2H3/b23-15+/t25-/m0/s1. The van der Waals surface area contributed by atoms with Gasteiger partial charge in [-0.05, 0) is 55.1 Å². The number of ether oxygens (including phenoxy) is 2. The fourth-order valence-electron chi connectivity index (χ4n) is 4.25. The summed E-state index contributed by atoms with van der Waals surface area (Å²) in [7, 11) is 0. The summed E-state index contributed by atoms with van der Waals surface area (Å²) < 4.78 is 13.3. The van der Waals surface area contributed by atoms with Crippen molar-refractivity contribution in [3.8, 4) is 5.75 Å². The molecular formula is C28H23N3O6S2. The Morgan fingerprint density at radius 3 is 2.62 bits per heavy atom. The Balaban J connectivity index is 1.53. The highest BCUT2D eigenvalue weighted by atomic mass is 32.1. The number of carbonyl (C=O) groups excluding carboxylic acids is 1. The van der Waals surface area contributed by atoms with Crippen LogP contribution in [0, 0.1) is 10.1 Å². The average molecular weight is 562 g/mol. The Kier molecular flexibility index (Phi) is 7.53. The Morgan fingerprint density at radius 2 is 1.92 bits per heavy atom. The molecule has 39 heavy (non-hydrogen) atoms. The number of benzene rings is 2. The summed E-state index contributed by atoms with van der Waals surface area (Å²) in [6.07, 6.45) is 1.75. The van der Waals surface area contributed by atoms with E-state index in [0.717, 1.165) is 10.4 Å². The predicted molar refractivity (Wildman–Crippen MR) is 149 cm³/mol. The highest BCUT2D eigenvalue weighted by Gasteiger charge is 2.33. The second-order valence-electron chi connectivity index (χ2n) is 8.57. The first-order valence-electron chi connectivity index (χ1n) is 12.1. The van der Waals surface area contributed by atoms with Crippen LogP contribution in [0.5, 0.6) is 5.75 Å². The number of hydrogen-bond acceptors (Lipinski definition) is 9. The van der Waals surface area contributed by atoms with E-state index in [-0.39, 0.29) is 24.5 Å². The molecule has 0 aliphatic carbocycles. The van der Waals surface area contributed by atoms with E-state index in [1.807, 2.05) is 35.7 Å². The molecule has 0 unspecified atom stereocenters. The zero-order valence-corrected chi connectivity index (χ0v) is 22.7. The van der Waals surface area contributed by atoms with Gasteiger partial charge in [0.05, 0.1) is 27.3 Å². The monoisotopic (exact) mass is 561 g/mol. The number of fused-ring (bicyclic) bond motifs is 1. The maximum absolute atomic E-state index is 13.8. The lowest BCUT2D eigenvalue weighted by Crippen LogP contribution is -2.39. The van der Waals surface area contributed by atoms with Crippen LogP contribution in [0.25, 0.3) is 6.08 Å². The summed E-state index contributed by atoms with van der Waals surface area (Å²) in [5, 5.41) is 12.8. The van der Waals surface area contributed by atoms with Gasteiger partial charge in [-0.1, -0.05) is 35.6 Å². The number of carbonyl (C=O) groups is 1. The van der Waals surface area contributed by atoms with Crippen molar-refractivity contribution < 1.29 is 19.2 Å². The number of thiazole rings is 1. The summed E-state index contributed by atoms with van der Waals surface area (Å²) >= 11 is 2.70. The number of allylic oxidation sites excluding steroid dienone is 1. The molecule has 3 heterocycles. The highest BCUT2D eigenvalue weighted by Crippen LogP contribution is 2.33. The Hall–Kier alpha value is -4.35. The molecule has 11 heteroatoms. The molecule has 1 atom stereocenters. The number of aromatic nitrogens is 1. The zero-order chi connectivity index (χ0) is 27.5. The fourth-order valence-corrected chi connectivity index (χ4v) is 6.12. The van der Waals surface area contributed by atoms with Gasteiger partial charge in [0.15, 0.2) is 4.80 Å². The minimum absolute atomic E-state index is 0.0109.